The molecule has 0 amide bonds. The maximum Gasteiger partial charge on any atom is 0.310 e. The molecule has 0 saturated heterocycles. The first-order valence-electron chi connectivity index (χ1n) is 9.51. The standard InChI is InChI=1S/C23H24FNO4/c1-5-10-29-22(26)12-17-15(3)25(23(27)16-8-6-14(2)7-9-16)20-13-19(24)21(28-4)11-18(17)20/h6-9,11,13H,5,10,12H2,1-4H3. The van der Waals surface area contributed by atoms with Crippen molar-refractivity contribution in [2.75, 3.05) is 13.7 Å². The summed E-state index contributed by atoms with van der Waals surface area (Å²) in [5.74, 6) is -1.19. The van der Waals surface area contributed by atoms with Crippen molar-refractivity contribution in [3.63, 3.8) is 0 Å². The second kappa shape index (κ2) is 8.47. The van der Waals surface area contributed by atoms with Gasteiger partial charge in [0.05, 0.1) is 25.7 Å². The van der Waals surface area contributed by atoms with Gasteiger partial charge in [0.2, 0.25) is 0 Å². The number of aryl methyl sites for hydroxylation is 1. The van der Waals surface area contributed by atoms with Crippen LogP contribution in [0.2, 0.25) is 0 Å². The summed E-state index contributed by atoms with van der Waals surface area (Å²) in [6, 6.07) is 9.96. The van der Waals surface area contributed by atoms with E-state index in [2.05, 4.69) is 0 Å². The van der Waals surface area contributed by atoms with Gasteiger partial charge in [-0.05, 0) is 44.0 Å². The second-order valence-electron chi connectivity index (χ2n) is 6.97. The van der Waals surface area contributed by atoms with Gasteiger partial charge in [-0.1, -0.05) is 24.6 Å². The van der Waals surface area contributed by atoms with Crippen molar-refractivity contribution in [3.05, 3.63) is 64.6 Å². The number of carbonyl (C=O) groups is 2. The van der Waals surface area contributed by atoms with Gasteiger partial charge in [0.25, 0.3) is 5.91 Å². The van der Waals surface area contributed by atoms with E-state index in [1.165, 1.54) is 23.8 Å². The van der Waals surface area contributed by atoms with Crippen LogP contribution < -0.4 is 4.74 Å². The number of hydrogen-bond acceptors (Lipinski definition) is 4. The van der Waals surface area contributed by atoms with Crippen molar-refractivity contribution in [2.24, 2.45) is 0 Å². The van der Waals surface area contributed by atoms with Crippen molar-refractivity contribution in [1.82, 2.24) is 4.57 Å². The van der Waals surface area contributed by atoms with Crippen LogP contribution >= 0.6 is 0 Å². The van der Waals surface area contributed by atoms with Gasteiger partial charge in [0.1, 0.15) is 0 Å². The molecule has 0 saturated carbocycles. The van der Waals surface area contributed by atoms with Gasteiger partial charge in [0.15, 0.2) is 11.6 Å². The quantitative estimate of drug-likeness (QED) is 0.571. The van der Waals surface area contributed by atoms with Gasteiger partial charge >= 0.3 is 5.97 Å². The summed E-state index contributed by atoms with van der Waals surface area (Å²) in [6.45, 7) is 5.93. The molecule has 152 valence electrons. The molecule has 3 aromatic rings. The third-order valence-electron chi connectivity index (χ3n) is 4.90. The van der Waals surface area contributed by atoms with Crippen LogP contribution in [-0.4, -0.2) is 30.2 Å². The fourth-order valence-electron chi connectivity index (χ4n) is 3.36. The highest BCUT2D eigenvalue weighted by atomic mass is 19.1. The summed E-state index contributed by atoms with van der Waals surface area (Å²) in [6.07, 6.45) is 0.711. The van der Waals surface area contributed by atoms with E-state index in [0.29, 0.717) is 34.3 Å². The zero-order valence-electron chi connectivity index (χ0n) is 17.0. The van der Waals surface area contributed by atoms with Crippen molar-refractivity contribution in [3.8, 4) is 5.75 Å². The smallest absolute Gasteiger partial charge is 0.310 e. The number of hydrogen-bond donors (Lipinski definition) is 0. The first kappa shape index (κ1) is 20.6. The molecule has 6 heteroatoms. The highest BCUT2D eigenvalue weighted by molar-refractivity contribution is 6.05. The number of halogens is 1. The van der Waals surface area contributed by atoms with E-state index in [9.17, 15) is 14.0 Å². The lowest BCUT2D eigenvalue weighted by Gasteiger charge is -2.09. The van der Waals surface area contributed by atoms with Crippen LogP contribution in [0.3, 0.4) is 0 Å². The number of carbonyl (C=O) groups excluding carboxylic acids is 2. The van der Waals surface area contributed by atoms with Gasteiger partial charge in [-0.3, -0.25) is 14.2 Å². The Morgan fingerprint density at radius 2 is 1.79 bits per heavy atom. The molecule has 0 unspecified atom stereocenters. The number of nitrogens with zero attached hydrogens (tertiary/aromatic N) is 1. The molecular formula is C23H24FNO4. The third-order valence-corrected chi connectivity index (χ3v) is 4.90. The Kier molecular flexibility index (Phi) is 6.01. The Bertz CT molecular complexity index is 1070. The molecule has 3 rings (SSSR count). The molecule has 0 spiro atoms. The molecule has 0 radical (unpaired) electrons. The van der Waals surface area contributed by atoms with Gasteiger partial charge in [0, 0.05) is 22.7 Å². The lowest BCUT2D eigenvalue weighted by atomic mass is 10.1. The zero-order chi connectivity index (χ0) is 21.1. The maximum absolute atomic E-state index is 14.4. The number of methoxy groups -OCH3 is 1. The van der Waals surface area contributed by atoms with Crippen molar-refractivity contribution < 1.29 is 23.5 Å². The topological polar surface area (TPSA) is 57.5 Å². The monoisotopic (exact) mass is 397 g/mol. The summed E-state index contributed by atoms with van der Waals surface area (Å²) < 4.78 is 26.2. The molecule has 1 heterocycles. The Morgan fingerprint density at radius 3 is 2.41 bits per heavy atom. The Labute approximate surface area is 169 Å². The van der Waals surface area contributed by atoms with Crippen LogP contribution in [0.1, 0.15) is 40.5 Å². The number of fused-ring (bicyclic) bond motifs is 1. The van der Waals surface area contributed by atoms with Crippen LogP contribution in [0.25, 0.3) is 10.9 Å². The van der Waals surface area contributed by atoms with Gasteiger partial charge in [-0.25, -0.2) is 4.39 Å². The number of aromatic nitrogens is 1. The van der Waals surface area contributed by atoms with Crippen molar-refractivity contribution >= 4 is 22.8 Å². The minimum Gasteiger partial charge on any atom is -0.494 e. The largest absolute Gasteiger partial charge is 0.494 e. The molecular weight excluding hydrogens is 373 g/mol. The fraction of sp³-hybridized carbons (Fsp3) is 0.304. The first-order valence-corrected chi connectivity index (χ1v) is 9.51. The molecule has 0 atom stereocenters. The van der Waals surface area contributed by atoms with Crippen LogP contribution in [0, 0.1) is 19.7 Å². The highest BCUT2D eigenvalue weighted by Gasteiger charge is 2.23. The number of ether oxygens (including phenoxy) is 2. The summed E-state index contributed by atoms with van der Waals surface area (Å²) in [7, 11) is 1.38. The molecule has 0 aliphatic rings. The molecule has 29 heavy (non-hydrogen) atoms. The van der Waals surface area contributed by atoms with Crippen LogP contribution in [0.5, 0.6) is 5.75 Å². The van der Waals surface area contributed by atoms with Crippen LogP contribution in [-0.2, 0) is 16.0 Å². The summed E-state index contributed by atoms with van der Waals surface area (Å²) in [4.78, 5) is 25.5. The van der Waals surface area contributed by atoms with Gasteiger partial charge in [-0.15, -0.1) is 0 Å². The summed E-state index contributed by atoms with van der Waals surface area (Å²) in [5.41, 5.74) is 3.11. The van der Waals surface area contributed by atoms with E-state index in [1.807, 2.05) is 26.0 Å². The van der Waals surface area contributed by atoms with E-state index < -0.39 is 5.82 Å². The van der Waals surface area contributed by atoms with Gasteiger partial charge < -0.3 is 9.47 Å². The van der Waals surface area contributed by atoms with Crippen LogP contribution in [0.15, 0.2) is 36.4 Å². The molecule has 0 aliphatic carbocycles. The SMILES string of the molecule is CCCOC(=O)Cc1c(C)n(C(=O)c2ccc(C)cc2)c2cc(F)c(OC)cc12. The summed E-state index contributed by atoms with van der Waals surface area (Å²) in [5, 5.41) is 0.592. The third kappa shape index (κ3) is 4.01. The zero-order valence-corrected chi connectivity index (χ0v) is 17.0. The normalized spacial score (nSPS) is 10.9. The Balaban J connectivity index is 2.17. The van der Waals surface area contributed by atoms with Crippen molar-refractivity contribution in [1.29, 1.82) is 0 Å². The average Bonchev–Trinajstić information content (AvgIpc) is 2.96. The lowest BCUT2D eigenvalue weighted by Crippen LogP contribution is -2.15. The molecule has 0 fully saturated rings. The van der Waals surface area contributed by atoms with Crippen molar-refractivity contribution in [2.45, 2.75) is 33.6 Å². The van der Waals surface area contributed by atoms with E-state index in [4.69, 9.17) is 9.47 Å². The summed E-state index contributed by atoms with van der Waals surface area (Å²) >= 11 is 0. The molecule has 5 nitrogen and oxygen atoms in total. The van der Waals surface area contributed by atoms with E-state index in [1.54, 1.807) is 19.1 Å². The fourth-order valence-corrected chi connectivity index (χ4v) is 3.36. The molecule has 0 bridgehead atoms. The second-order valence-corrected chi connectivity index (χ2v) is 6.97. The minimum atomic E-state index is -0.574. The van der Waals surface area contributed by atoms with E-state index >= 15 is 0 Å². The molecule has 0 N–H and O–H groups in total. The van der Waals surface area contributed by atoms with E-state index in [0.717, 1.165) is 12.0 Å². The highest BCUT2D eigenvalue weighted by Crippen LogP contribution is 2.32. The predicted octanol–water partition coefficient (Wildman–Crippen LogP) is 4.59. The minimum absolute atomic E-state index is 0.00863. The Hall–Kier alpha value is -3.15. The number of rotatable bonds is 6. The van der Waals surface area contributed by atoms with Gasteiger partial charge in [-0.2, -0.15) is 0 Å². The maximum atomic E-state index is 14.4. The van der Waals surface area contributed by atoms with E-state index in [-0.39, 0.29) is 24.0 Å². The van der Waals surface area contributed by atoms with Crippen LogP contribution in [0.4, 0.5) is 4.39 Å². The Morgan fingerprint density at radius 1 is 1.10 bits per heavy atom. The first-order chi connectivity index (χ1) is 13.9. The molecule has 1 aromatic heterocycles. The lowest BCUT2D eigenvalue weighted by molar-refractivity contribution is -0.142. The predicted molar refractivity (Wildman–Crippen MR) is 109 cm³/mol. The average molecular weight is 397 g/mol. The molecule has 0 aliphatic heterocycles. The number of esters is 1. The molecule has 2 aromatic carbocycles. The number of benzene rings is 2.